The minimum absolute atomic E-state index is 0. The first-order valence-electron chi connectivity index (χ1n) is 7.18. The van der Waals surface area contributed by atoms with E-state index in [9.17, 15) is 4.39 Å². The van der Waals surface area contributed by atoms with Gasteiger partial charge in [0.2, 0.25) is 0 Å². The van der Waals surface area contributed by atoms with Crippen LogP contribution in [0.1, 0.15) is 38.2 Å². The van der Waals surface area contributed by atoms with E-state index in [0.717, 1.165) is 18.1 Å². The summed E-state index contributed by atoms with van der Waals surface area (Å²) in [5.74, 6) is 0.426. The van der Waals surface area contributed by atoms with Gasteiger partial charge in [0.05, 0.1) is 11.6 Å². The van der Waals surface area contributed by atoms with Gasteiger partial charge >= 0.3 is 0 Å². The van der Waals surface area contributed by atoms with Crippen LogP contribution in [0.4, 0.5) is 4.39 Å². The molecule has 1 saturated carbocycles. The predicted octanol–water partition coefficient (Wildman–Crippen LogP) is 4.09. The minimum atomic E-state index is -0.393. The van der Waals surface area contributed by atoms with Crippen molar-refractivity contribution in [3.63, 3.8) is 0 Å². The summed E-state index contributed by atoms with van der Waals surface area (Å²) in [6, 6.07) is 5.23. The lowest BCUT2D eigenvalue weighted by molar-refractivity contribution is 0.613. The van der Waals surface area contributed by atoms with Gasteiger partial charge < -0.3 is 10.6 Å². The summed E-state index contributed by atoms with van der Waals surface area (Å²) in [6.45, 7) is 3.35. The van der Waals surface area contributed by atoms with Gasteiger partial charge in [0.25, 0.3) is 0 Å². The fraction of sp³-hybridized carbons (Fsp3) is 0.533. The van der Waals surface area contributed by atoms with Gasteiger partial charge in [0.1, 0.15) is 5.82 Å². The molecule has 0 spiro atoms. The quantitative estimate of drug-likeness (QED) is 0.433. The molecule has 0 heterocycles. The van der Waals surface area contributed by atoms with Crippen molar-refractivity contribution in [1.82, 2.24) is 10.6 Å². The van der Waals surface area contributed by atoms with Gasteiger partial charge in [0, 0.05) is 12.6 Å². The van der Waals surface area contributed by atoms with Crippen molar-refractivity contribution in [1.29, 1.82) is 0 Å². The first-order chi connectivity index (χ1) is 9.69. The Kier molecular flexibility index (Phi) is 8.33. The van der Waals surface area contributed by atoms with Crippen LogP contribution in [0.5, 0.6) is 0 Å². The molecule has 1 aromatic rings. The first kappa shape index (κ1) is 18.5. The predicted molar refractivity (Wildman–Crippen MR) is 97.0 cm³/mol. The van der Waals surface area contributed by atoms with E-state index in [2.05, 4.69) is 15.6 Å². The van der Waals surface area contributed by atoms with E-state index in [1.807, 2.05) is 6.92 Å². The second-order valence-corrected chi connectivity index (χ2v) is 5.48. The van der Waals surface area contributed by atoms with Crippen molar-refractivity contribution in [2.24, 2.45) is 4.99 Å². The Labute approximate surface area is 147 Å². The summed E-state index contributed by atoms with van der Waals surface area (Å²) in [7, 11) is 0. The molecular weight excluding hydrogens is 404 g/mol. The van der Waals surface area contributed by atoms with Gasteiger partial charge in [-0.15, -0.1) is 24.0 Å². The number of rotatable bonds is 4. The normalized spacial score (nSPS) is 15.7. The molecular formula is C15H22ClFIN3. The standard InChI is InChI=1S/C15H21ClFN3.HI/c1-2-18-15(20-12-5-3-4-6-12)19-10-11-7-8-14(17)13(16)9-11;/h7-9,12H,2-6,10H2,1H3,(H2,18,19,20);1H. The van der Waals surface area contributed by atoms with E-state index in [-0.39, 0.29) is 29.0 Å². The van der Waals surface area contributed by atoms with Crippen molar-refractivity contribution < 1.29 is 4.39 Å². The average molecular weight is 426 g/mol. The van der Waals surface area contributed by atoms with E-state index in [4.69, 9.17) is 11.6 Å². The van der Waals surface area contributed by atoms with Crippen LogP contribution in [0.25, 0.3) is 0 Å². The van der Waals surface area contributed by atoms with E-state index < -0.39 is 5.82 Å². The van der Waals surface area contributed by atoms with E-state index in [1.54, 1.807) is 12.1 Å². The summed E-state index contributed by atoms with van der Waals surface area (Å²) in [5, 5.41) is 6.83. The molecule has 3 nitrogen and oxygen atoms in total. The van der Waals surface area contributed by atoms with E-state index >= 15 is 0 Å². The molecule has 1 aliphatic carbocycles. The van der Waals surface area contributed by atoms with Crippen LogP contribution in [0.15, 0.2) is 23.2 Å². The molecule has 0 amide bonds. The Morgan fingerprint density at radius 2 is 2.10 bits per heavy atom. The molecule has 1 aromatic carbocycles. The third kappa shape index (κ3) is 5.98. The molecule has 1 fully saturated rings. The second kappa shape index (κ2) is 9.46. The highest BCUT2D eigenvalue weighted by molar-refractivity contribution is 14.0. The SMILES string of the molecule is CCNC(=NCc1ccc(F)c(Cl)c1)NC1CCCC1.I. The molecule has 21 heavy (non-hydrogen) atoms. The molecule has 2 N–H and O–H groups in total. The average Bonchev–Trinajstić information content (AvgIpc) is 2.93. The van der Waals surface area contributed by atoms with Crippen LogP contribution in [0.2, 0.25) is 5.02 Å². The molecule has 2 rings (SSSR count). The topological polar surface area (TPSA) is 36.4 Å². The Balaban J connectivity index is 0.00000220. The number of nitrogens with zero attached hydrogens (tertiary/aromatic N) is 1. The van der Waals surface area contributed by atoms with Crippen molar-refractivity contribution >= 4 is 41.5 Å². The smallest absolute Gasteiger partial charge is 0.191 e. The zero-order valence-corrected chi connectivity index (χ0v) is 15.2. The summed E-state index contributed by atoms with van der Waals surface area (Å²) in [6.07, 6.45) is 4.97. The lowest BCUT2D eigenvalue weighted by Gasteiger charge is -2.16. The maximum atomic E-state index is 13.1. The van der Waals surface area contributed by atoms with Gasteiger partial charge in [0.15, 0.2) is 5.96 Å². The van der Waals surface area contributed by atoms with Crippen molar-refractivity contribution in [2.75, 3.05) is 6.54 Å². The lowest BCUT2D eigenvalue weighted by atomic mass is 10.2. The van der Waals surface area contributed by atoms with Gasteiger partial charge in [-0.05, 0) is 37.5 Å². The molecule has 6 heteroatoms. The fourth-order valence-electron chi connectivity index (χ4n) is 2.39. The highest BCUT2D eigenvalue weighted by Crippen LogP contribution is 2.18. The molecule has 118 valence electrons. The summed E-state index contributed by atoms with van der Waals surface area (Å²) >= 11 is 5.77. The zero-order chi connectivity index (χ0) is 14.4. The van der Waals surface area contributed by atoms with Crippen LogP contribution in [-0.4, -0.2) is 18.5 Å². The summed E-state index contributed by atoms with van der Waals surface area (Å²) < 4.78 is 13.1. The molecule has 1 aliphatic rings. The van der Waals surface area contributed by atoms with Crippen molar-refractivity contribution in [3.8, 4) is 0 Å². The number of benzene rings is 1. The molecule has 0 bridgehead atoms. The van der Waals surface area contributed by atoms with Gasteiger partial charge in [-0.1, -0.05) is 30.5 Å². The second-order valence-electron chi connectivity index (χ2n) is 5.07. The fourth-order valence-corrected chi connectivity index (χ4v) is 2.59. The van der Waals surface area contributed by atoms with Crippen LogP contribution < -0.4 is 10.6 Å². The maximum absolute atomic E-state index is 13.1. The Bertz CT molecular complexity index is 476. The Morgan fingerprint density at radius 1 is 1.38 bits per heavy atom. The van der Waals surface area contributed by atoms with E-state index in [1.165, 1.54) is 31.7 Å². The number of aliphatic imine (C=N–C) groups is 1. The summed E-state index contributed by atoms with van der Waals surface area (Å²) in [5.41, 5.74) is 0.903. The monoisotopic (exact) mass is 425 g/mol. The molecule has 0 unspecified atom stereocenters. The van der Waals surface area contributed by atoms with Gasteiger partial charge in [-0.25, -0.2) is 9.38 Å². The van der Waals surface area contributed by atoms with Gasteiger partial charge in [-0.3, -0.25) is 0 Å². The number of nitrogens with one attached hydrogen (secondary N) is 2. The molecule has 0 atom stereocenters. The third-order valence-corrected chi connectivity index (χ3v) is 3.73. The van der Waals surface area contributed by atoms with Crippen LogP contribution >= 0.6 is 35.6 Å². The number of guanidine groups is 1. The summed E-state index contributed by atoms with van der Waals surface area (Å²) in [4.78, 5) is 4.53. The molecule has 0 radical (unpaired) electrons. The van der Waals surface area contributed by atoms with Crippen LogP contribution in [0.3, 0.4) is 0 Å². The largest absolute Gasteiger partial charge is 0.357 e. The highest BCUT2D eigenvalue weighted by atomic mass is 127. The van der Waals surface area contributed by atoms with Crippen molar-refractivity contribution in [2.45, 2.75) is 45.2 Å². The zero-order valence-electron chi connectivity index (χ0n) is 12.2. The first-order valence-corrected chi connectivity index (χ1v) is 7.55. The minimum Gasteiger partial charge on any atom is -0.357 e. The van der Waals surface area contributed by atoms with E-state index in [0.29, 0.717) is 12.6 Å². The maximum Gasteiger partial charge on any atom is 0.191 e. The molecule has 0 aliphatic heterocycles. The Morgan fingerprint density at radius 3 is 2.71 bits per heavy atom. The molecule has 0 saturated heterocycles. The van der Waals surface area contributed by atoms with Crippen molar-refractivity contribution in [3.05, 3.63) is 34.6 Å². The lowest BCUT2D eigenvalue weighted by Crippen LogP contribution is -2.42. The van der Waals surface area contributed by atoms with Gasteiger partial charge in [-0.2, -0.15) is 0 Å². The number of hydrogen-bond donors (Lipinski definition) is 2. The van der Waals surface area contributed by atoms with Crippen LogP contribution in [-0.2, 0) is 6.54 Å². The third-order valence-electron chi connectivity index (χ3n) is 3.44. The highest BCUT2D eigenvalue weighted by Gasteiger charge is 2.15. The molecule has 0 aromatic heterocycles. The number of hydrogen-bond acceptors (Lipinski definition) is 1. The Hall–Kier alpha value is -0.560. The number of halogens is 3. The van der Waals surface area contributed by atoms with Crippen LogP contribution in [0, 0.1) is 5.82 Å².